The Balaban J connectivity index is 1.67. The molecule has 0 aliphatic rings. The second-order valence-electron chi connectivity index (χ2n) is 7.13. The molecule has 2 N–H and O–H groups in total. The maximum atomic E-state index is 4.82. The van der Waals surface area contributed by atoms with Crippen molar-refractivity contribution in [2.24, 2.45) is 0 Å². The summed E-state index contributed by atoms with van der Waals surface area (Å²) in [6.07, 6.45) is 13.1. The van der Waals surface area contributed by atoms with Crippen LogP contribution in [0.3, 0.4) is 0 Å². The number of hydrogen-bond donors (Lipinski definition) is 2. The molecule has 0 atom stereocenters. The highest BCUT2D eigenvalue weighted by atomic mass is 15.1. The van der Waals surface area contributed by atoms with Crippen molar-refractivity contribution >= 4 is 29.3 Å². The van der Waals surface area contributed by atoms with Crippen LogP contribution in [0.4, 0.5) is 0 Å². The topological polar surface area (TPSA) is 101 Å². The molecule has 0 aromatic carbocycles. The first-order chi connectivity index (χ1) is 15.1. The fourth-order valence-corrected chi connectivity index (χ4v) is 3.52. The first-order valence-electron chi connectivity index (χ1n) is 9.82. The number of imidazole rings is 2. The Morgan fingerprint density at radius 2 is 1.97 bits per heavy atom. The maximum absolute atomic E-state index is 4.82. The van der Waals surface area contributed by atoms with Gasteiger partial charge in [-0.1, -0.05) is 12.7 Å². The Kier molecular flexibility index (Phi) is 4.51. The van der Waals surface area contributed by atoms with E-state index in [1.165, 1.54) is 0 Å². The molecule has 31 heavy (non-hydrogen) atoms. The molecule has 0 spiro atoms. The second-order valence-corrected chi connectivity index (χ2v) is 7.13. The maximum Gasteiger partial charge on any atom is 0.166 e. The Bertz CT molecular complexity index is 1520. The number of pyridine rings is 2. The van der Waals surface area contributed by atoms with Gasteiger partial charge in [-0.15, -0.1) is 0 Å². The molecule has 5 aromatic rings. The van der Waals surface area contributed by atoms with Crippen molar-refractivity contribution in [2.75, 3.05) is 0 Å². The van der Waals surface area contributed by atoms with Gasteiger partial charge in [0.25, 0.3) is 0 Å². The van der Waals surface area contributed by atoms with Crippen molar-refractivity contribution in [1.82, 2.24) is 39.7 Å². The highest BCUT2D eigenvalue weighted by Crippen LogP contribution is 2.22. The number of aromatic amines is 2. The minimum Gasteiger partial charge on any atom is -0.336 e. The molecule has 5 aromatic heterocycles. The normalized spacial score (nSPS) is 12.7. The van der Waals surface area contributed by atoms with Crippen molar-refractivity contribution in [3.05, 3.63) is 77.2 Å². The molecule has 0 aliphatic heterocycles. The predicted molar refractivity (Wildman–Crippen MR) is 120 cm³/mol. The van der Waals surface area contributed by atoms with Gasteiger partial charge in [-0.25, -0.2) is 15.0 Å². The number of allylic oxidation sites excluding steroid dienone is 2. The first-order valence-corrected chi connectivity index (χ1v) is 9.82. The predicted octanol–water partition coefficient (Wildman–Crippen LogP) is 2.53. The zero-order chi connectivity index (χ0) is 21.4. The Morgan fingerprint density at radius 1 is 1.13 bits per heavy atom. The zero-order valence-corrected chi connectivity index (χ0v) is 17.2. The summed E-state index contributed by atoms with van der Waals surface area (Å²) in [7, 11) is 0. The van der Waals surface area contributed by atoms with Crippen molar-refractivity contribution in [3.8, 4) is 17.3 Å². The van der Waals surface area contributed by atoms with Crippen molar-refractivity contribution in [2.45, 2.75) is 13.8 Å². The molecule has 5 heterocycles. The van der Waals surface area contributed by atoms with Crippen LogP contribution in [0.5, 0.6) is 0 Å². The molecule has 5 rings (SSSR count). The largest absolute Gasteiger partial charge is 0.336 e. The molecule has 0 saturated heterocycles. The Morgan fingerprint density at radius 3 is 2.71 bits per heavy atom. The summed E-state index contributed by atoms with van der Waals surface area (Å²) in [4.78, 5) is 21.1. The fraction of sp³-hybridized carbons (Fsp3) is 0.0870. The molecular weight excluding hydrogens is 388 g/mol. The van der Waals surface area contributed by atoms with E-state index in [-0.39, 0.29) is 0 Å². The number of H-pyrrole nitrogens is 2. The Labute approximate surface area is 177 Å². The highest BCUT2D eigenvalue weighted by molar-refractivity contribution is 5.90. The number of rotatable bonds is 4. The van der Waals surface area contributed by atoms with Crippen LogP contribution in [0, 0.1) is 6.92 Å². The molecule has 0 fully saturated rings. The van der Waals surface area contributed by atoms with E-state index in [1.54, 1.807) is 24.9 Å². The van der Waals surface area contributed by atoms with Crippen LogP contribution in [0.1, 0.15) is 18.2 Å². The van der Waals surface area contributed by atoms with E-state index in [4.69, 9.17) is 4.98 Å². The quantitative estimate of drug-likeness (QED) is 0.476. The number of nitrogens with zero attached hydrogens (tertiary/aromatic N) is 6. The number of hydrogen-bond acceptors (Lipinski definition) is 5. The van der Waals surface area contributed by atoms with E-state index < -0.39 is 0 Å². The van der Waals surface area contributed by atoms with Crippen LogP contribution in [0.15, 0.2) is 55.4 Å². The third-order valence-corrected chi connectivity index (χ3v) is 5.07. The molecule has 0 bridgehead atoms. The van der Waals surface area contributed by atoms with Gasteiger partial charge < -0.3 is 4.98 Å². The molecular formula is C23H20N8. The van der Waals surface area contributed by atoms with E-state index >= 15 is 0 Å². The van der Waals surface area contributed by atoms with Gasteiger partial charge >= 0.3 is 0 Å². The summed E-state index contributed by atoms with van der Waals surface area (Å²) in [5, 5.41) is 9.05. The van der Waals surface area contributed by atoms with Gasteiger partial charge in [-0.05, 0) is 49.3 Å². The third kappa shape index (κ3) is 3.33. The summed E-state index contributed by atoms with van der Waals surface area (Å²) in [5.41, 5.74) is 5.33. The number of aromatic nitrogens is 8. The van der Waals surface area contributed by atoms with Gasteiger partial charge in [0.2, 0.25) is 0 Å². The van der Waals surface area contributed by atoms with Gasteiger partial charge in [0, 0.05) is 30.0 Å². The third-order valence-electron chi connectivity index (χ3n) is 5.07. The molecule has 152 valence electrons. The van der Waals surface area contributed by atoms with Gasteiger partial charge in [-0.3, -0.25) is 14.6 Å². The van der Waals surface area contributed by atoms with E-state index in [0.717, 1.165) is 33.1 Å². The molecule has 8 nitrogen and oxygen atoms in total. The van der Waals surface area contributed by atoms with Gasteiger partial charge in [0.05, 0.1) is 16.6 Å². The summed E-state index contributed by atoms with van der Waals surface area (Å²) >= 11 is 0. The smallest absolute Gasteiger partial charge is 0.166 e. The lowest BCUT2D eigenvalue weighted by molar-refractivity contribution is 1.00. The van der Waals surface area contributed by atoms with Crippen LogP contribution < -0.4 is 10.6 Å². The molecule has 0 radical (unpaired) electrons. The Hall–Kier alpha value is -4.33. The number of nitrogens with one attached hydrogen (secondary N) is 2. The first kappa shape index (κ1) is 18.7. The molecule has 0 amide bonds. The minimum absolute atomic E-state index is 0.642. The summed E-state index contributed by atoms with van der Waals surface area (Å²) in [6.45, 7) is 8.06. The SMILES string of the molecule is C=c1[nH]nc(-c2nc3c(-n4cnc(C)c4)nccc3[nH]2)/c1=C/C(=C\C)c1ccncc1. The van der Waals surface area contributed by atoms with Gasteiger partial charge in [0.15, 0.2) is 11.6 Å². The summed E-state index contributed by atoms with van der Waals surface area (Å²) in [6, 6.07) is 5.84. The van der Waals surface area contributed by atoms with E-state index in [2.05, 4.69) is 42.8 Å². The zero-order valence-electron chi connectivity index (χ0n) is 17.2. The summed E-state index contributed by atoms with van der Waals surface area (Å²) < 4.78 is 1.87. The van der Waals surface area contributed by atoms with Gasteiger partial charge in [-0.2, -0.15) is 5.10 Å². The van der Waals surface area contributed by atoms with Crippen molar-refractivity contribution < 1.29 is 0 Å². The molecule has 0 unspecified atom stereocenters. The van der Waals surface area contributed by atoms with Crippen LogP contribution in [0.2, 0.25) is 0 Å². The lowest BCUT2D eigenvalue weighted by Gasteiger charge is -2.01. The lowest BCUT2D eigenvalue weighted by atomic mass is 10.1. The van der Waals surface area contributed by atoms with E-state index in [9.17, 15) is 0 Å². The van der Waals surface area contributed by atoms with Crippen molar-refractivity contribution in [1.29, 1.82) is 0 Å². The molecule has 0 saturated carbocycles. The average Bonchev–Trinajstić information content (AvgIpc) is 3.50. The molecule has 8 heteroatoms. The highest BCUT2D eigenvalue weighted by Gasteiger charge is 2.15. The van der Waals surface area contributed by atoms with Crippen LogP contribution in [0.25, 0.3) is 46.6 Å². The van der Waals surface area contributed by atoms with Crippen molar-refractivity contribution in [3.63, 3.8) is 0 Å². The second kappa shape index (κ2) is 7.49. The number of fused-ring (bicyclic) bond motifs is 1. The lowest BCUT2D eigenvalue weighted by Crippen LogP contribution is -2.22. The summed E-state index contributed by atoms with van der Waals surface area (Å²) in [5.74, 6) is 1.35. The minimum atomic E-state index is 0.642. The molecule has 0 aliphatic carbocycles. The fourth-order valence-electron chi connectivity index (χ4n) is 3.52. The van der Waals surface area contributed by atoms with Crippen LogP contribution in [-0.4, -0.2) is 39.7 Å². The van der Waals surface area contributed by atoms with E-state index in [1.807, 2.05) is 48.9 Å². The standard InChI is InChI=1S/C23H20N8/c1-4-16(17-5-8-24-9-6-17)11-18-15(3)29-30-20(18)22-27-19-7-10-25-23(21(19)28-22)31-12-14(2)26-13-31/h4-13,29H,3H2,1-2H3,(H,27,28)/b16-4+,18-11+. The van der Waals surface area contributed by atoms with Gasteiger partial charge in [0.1, 0.15) is 17.5 Å². The van der Waals surface area contributed by atoms with E-state index in [0.29, 0.717) is 22.7 Å². The number of aryl methyl sites for hydroxylation is 1. The average molecular weight is 408 g/mol. The van der Waals surface area contributed by atoms with Crippen LogP contribution >= 0.6 is 0 Å². The van der Waals surface area contributed by atoms with Crippen LogP contribution in [-0.2, 0) is 0 Å². The monoisotopic (exact) mass is 408 g/mol.